The minimum atomic E-state index is -5.25. The Balaban J connectivity index is 3.22. The summed E-state index contributed by atoms with van der Waals surface area (Å²) in [6, 6.07) is 2.35. The average molecular weight is 299 g/mol. The number of anilines is 1. The lowest BCUT2D eigenvalue weighted by Crippen LogP contribution is -2.21. The molecule has 0 radical (unpaired) electrons. The highest BCUT2D eigenvalue weighted by atomic mass is 19.4. The van der Waals surface area contributed by atoms with Crippen LogP contribution in [0.2, 0.25) is 0 Å². The van der Waals surface area contributed by atoms with E-state index in [4.69, 9.17) is 5.73 Å². The van der Waals surface area contributed by atoms with Gasteiger partial charge in [-0.1, -0.05) is 0 Å². The number of nitrogen functional groups attached to an aromatic ring is 1. The summed E-state index contributed by atoms with van der Waals surface area (Å²) in [7, 11) is 0. The zero-order valence-corrected chi connectivity index (χ0v) is 10.5. The van der Waals surface area contributed by atoms with Gasteiger partial charge in [-0.25, -0.2) is 0 Å². The zero-order valence-electron chi connectivity index (χ0n) is 10.5. The summed E-state index contributed by atoms with van der Waals surface area (Å²) in [5, 5.41) is 0. The summed E-state index contributed by atoms with van der Waals surface area (Å²) >= 11 is 0. The first-order valence-electron chi connectivity index (χ1n) is 5.32. The topological polar surface area (TPSA) is 35.2 Å². The monoisotopic (exact) mass is 299 g/mol. The molecular formula is C12H11F6NO. The number of rotatable bonds is 2. The number of alkyl halides is 6. The molecule has 0 saturated heterocycles. The van der Waals surface area contributed by atoms with E-state index in [0.29, 0.717) is 11.3 Å². The Bertz CT molecular complexity index is 530. The van der Waals surface area contributed by atoms with Crippen molar-refractivity contribution in [3.63, 3.8) is 0 Å². The van der Waals surface area contributed by atoms with Crippen LogP contribution in [0.1, 0.15) is 11.1 Å². The lowest BCUT2D eigenvalue weighted by Gasteiger charge is -2.17. The van der Waals surface area contributed by atoms with E-state index in [2.05, 4.69) is 4.74 Å². The molecule has 1 aromatic carbocycles. The summed E-state index contributed by atoms with van der Waals surface area (Å²) in [6.45, 7) is 2.93. The number of benzene rings is 1. The predicted molar refractivity (Wildman–Crippen MR) is 61.1 cm³/mol. The molecule has 20 heavy (non-hydrogen) atoms. The highest BCUT2D eigenvalue weighted by Crippen LogP contribution is 2.34. The second kappa shape index (κ2) is 5.26. The van der Waals surface area contributed by atoms with Crippen LogP contribution >= 0.6 is 0 Å². The number of nitrogens with two attached hydrogens (primary N) is 1. The molecule has 0 bridgehead atoms. The first-order valence-corrected chi connectivity index (χ1v) is 5.32. The molecule has 0 heterocycles. The maximum absolute atomic E-state index is 12.5. The van der Waals surface area contributed by atoms with Crippen molar-refractivity contribution in [3.8, 4) is 5.75 Å². The van der Waals surface area contributed by atoms with Gasteiger partial charge in [0.2, 0.25) is 5.76 Å². The van der Waals surface area contributed by atoms with E-state index in [9.17, 15) is 26.3 Å². The highest BCUT2D eigenvalue weighted by molar-refractivity contribution is 5.55. The van der Waals surface area contributed by atoms with E-state index in [1.807, 2.05) is 0 Å². The van der Waals surface area contributed by atoms with E-state index >= 15 is 0 Å². The Morgan fingerprint density at radius 2 is 1.60 bits per heavy atom. The van der Waals surface area contributed by atoms with Crippen molar-refractivity contribution < 1.29 is 31.1 Å². The lowest BCUT2D eigenvalue weighted by atomic mass is 10.1. The molecule has 1 aromatic rings. The Hall–Kier alpha value is -1.86. The van der Waals surface area contributed by atoms with Gasteiger partial charge in [0, 0.05) is 5.69 Å². The standard InChI is InChI=1S/C12H11F6NO/c1-6-7(2)9(4-3-8(6)19)20-10(12(16,17)18)5-11(13,14)15/h3-5H,19H2,1-2H3. The molecule has 2 nitrogen and oxygen atoms in total. The van der Waals surface area contributed by atoms with Gasteiger partial charge in [0.15, 0.2) is 0 Å². The van der Waals surface area contributed by atoms with Gasteiger partial charge in [-0.15, -0.1) is 0 Å². The molecule has 0 fully saturated rings. The normalized spacial score (nSPS) is 13.5. The van der Waals surface area contributed by atoms with Crippen LogP contribution in [-0.2, 0) is 0 Å². The molecule has 0 atom stereocenters. The van der Waals surface area contributed by atoms with E-state index in [-0.39, 0.29) is 11.3 Å². The summed E-state index contributed by atoms with van der Waals surface area (Å²) < 4.78 is 78.3. The average Bonchev–Trinajstić information content (AvgIpc) is 2.26. The van der Waals surface area contributed by atoms with E-state index in [1.54, 1.807) is 0 Å². The van der Waals surface area contributed by atoms with Gasteiger partial charge >= 0.3 is 12.4 Å². The minimum absolute atomic E-state index is 0.238. The van der Waals surface area contributed by atoms with Crippen molar-refractivity contribution in [2.24, 2.45) is 0 Å². The fourth-order valence-corrected chi connectivity index (χ4v) is 1.36. The quantitative estimate of drug-likeness (QED) is 0.503. The van der Waals surface area contributed by atoms with Crippen molar-refractivity contribution in [1.82, 2.24) is 0 Å². The van der Waals surface area contributed by atoms with Crippen LogP contribution in [0.5, 0.6) is 5.75 Å². The second-order valence-electron chi connectivity index (χ2n) is 4.05. The Kier molecular flexibility index (Phi) is 4.26. The van der Waals surface area contributed by atoms with E-state index < -0.39 is 24.2 Å². The second-order valence-corrected chi connectivity index (χ2v) is 4.05. The van der Waals surface area contributed by atoms with Crippen LogP contribution in [-0.4, -0.2) is 12.4 Å². The highest BCUT2D eigenvalue weighted by Gasteiger charge is 2.41. The van der Waals surface area contributed by atoms with Gasteiger partial charge in [0.25, 0.3) is 0 Å². The Labute approximate surface area is 110 Å². The summed E-state index contributed by atoms with van der Waals surface area (Å²) in [5.41, 5.74) is 6.52. The molecule has 0 aromatic heterocycles. The van der Waals surface area contributed by atoms with Crippen molar-refractivity contribution in [3.05, 3.63) is 35.1 Å². The largest absolute Gasteiger partial charge is 0.452 e. The van der Waals surface area contributed by atoms with Crippen LogP contribution in [0.3, 0.4) is 0 Å². The van der Waals surface area contributed by atoms with Gasteiger partial charge in [0.1, 0.15) is 5.75 Å². The van der Waals surface area contributed by atoms with Gasteiger partial charge < -0.3 is 10.5 Å². The molecule has 0 amide bonds. The lowest BCUT2D eigenvalue weighted by molar-refractivity contribution is -0.128. The molecule has 112 valence electrons. The Morgan fingerprint density at radius 1 is 1.05 bits per heavy atom. The first kappa shape index (κ1) is 16.2. The SMILES string of the molecule is Cc1c(N)ccc(OC(=CC(F)(F)F)C(F)(F)F)c1C. The number of ether oxygens (including phenoxy) is 1. The van der Waals surface area contributed by atoms with Gasteiger partial charge in [0.05, 0.1) is 6.08 Å². The van der Waals surface area contributed by atoms with Crippen LogP contribution < -0.4 is 10.5 Å². The molecular weight excluding hydrogens is 288 g/mol. The van der Waals surface area contributed by atoms with Gasteiger partial charge in [-0.2, -0.15) is 26.3 Å². The number of hydrogen-bond donors (Lipinski definition) is 1. The molecule has 1 rings (SSSR count). The van der Waals surface area contributed by atoms with Crippen LogP contribution in [0.25, 0.3) is 0 Å². The molecule has 0 aliphatic heterocycles. The first-order chi connectivity index (χ1) is 8.92. The molecule has 8 heteroatoms. The van der Waals surface area contributed by atoms with Crippen molar-refractivity contribution in [1.29, 1.82) is 0 Å². The molecule has 2 N–H and O–H groups in total. The maximum Gasteiger partial charge on any atom is 0.449 e. The van der Waals surface area contributed by atoms with Gasteiger partial charge in [-0.3, -0.25) is 0 Å². The van der Waals surface area contributed by atoms with Gasteiger partial charge in [-0.05, 0) is 37.1 Å². The van der Waals surface area contributed by atoms with Crippen molar-refractivity contribution >= 4 is 5.69 Å². The number of halogens is 6. The third-order valence-electron chi connectivity index (χ3n) is 2.57. The van der Waals surface area contributed by atoms with Crippen molar-refractivity contribution in [2.45, 2.75) is 26.2 Å². The van der Waals surface area contributed by atoms with Crippen LogP contribution in [0.4, 0.5) is 32.0 Å². The van der Waals surface area contributed by atoms with Crippen molar-refractivity contribution in [2.75, 3.05) is 5.73 Å². The number of hydrogen-bond acceptors (Lipinski definition) is 2. The fourth-order valence-electron chi connectivity index (χ4n) is 1.36. The third kappa shape index (κ3) is 4.07. The number of allylic oxidation sites excluding steroid dienone is 2. The summed E-state index contributed by atoms with van der Waals surface area (Å²) in [6.07, 6.45) is -11.3. The van der Waals surface area contributed by atoms with E-state index in [0.717, 1.165) is 6.07 Å². The van der Waals surface area contributed by atoms with E-state index in [1.165, 1.54) is 19.9 Å². The smallest absolute Gasteiger partial charge is 0.449 e. The maximum atomic E-state index is 12.5. The zero-order chi connectivity index (χ0) is 15.7. The fraction of sp³-hybridized carbons (Fsp3) is 0.333. The molecule has 0 aliphatic rings. The molecule has 0 unspecified atom stereocenters. The van der Waals surface area contributed by atoms with Crippen LogP contribution in [0.15, 0.2) is 24.0 Å². The predicted octanol–water partition coefficient (Wildman–Crippen LogP) is 4.27. The third-order valence-corrected chi connectivity index (χ3v) is 2.57. The summed E-state index contributed by atoms with van der Waals surface area (Å²) in [4.78, 5) is 0. The minimum Gasteiger partial charge on any atom is -0.452 e. The van der Waals surface area contributed by atoms with Crippen LogP contribution in [0, 0.1) is 13.8 Å². The molecule has 0 aliphatic carbocycles. The summed E-state index contributed by atoms with van der Waals surface area (Å²) in [5.74, 6) is -2.46. The molecule has 0 spiro atoms. The molecule has 0 saturated carbocycles. The Morgan fingerprint density at radius 3 is 2.05 bits per heavy atom.